The first-order valence-corrected chi connectivity index (χ1v) is 10.7. The summed E-state index contributed by atoms with van der Waals surface area (Å²) in [7, 11) is 2.79. The van der Waals surface area contributed by atoms with Crippen LogP contribution in [0.2, 0.25) is 0 Å². The van der Waals surface area contributed by atoms with Crippen molar-refractivity contribution in [2.45, 2.75) is 51.9 Å². The highest BCUT2D eigenvalue weighted by atomic mass is 31.2. The standard InChI is InChI=1S/C23H32NO2P/c1-8-9-11-18-16-25-27(24(6)7)26-20-13-10-12-19-21(20)17(14-22(18,2)3)15-23(19,4)5/h8-13,16-17H,1,14-15H2,2-7H3/b11-9-,18-16+. The number of hydrogen-bond acceptors (Lipinski definition) is 3. The molecule has 0 amide bonds. The fourth-order valence-electron chi connectivity index (χ4n) is 4.35. The zero-order valence-corrected chi connectivity index (χ0v) is 18.3. The molecule has 0 saturated heterocycles. The molecule has 0 spiro atoms. The largest absolute Gasteiger partial charge is 0.435 e. The molecule has 0 aromatic heterocycles. The van der Waals surface area contributed by atoms with Gasteiger partial charge in [-0.25, -0.2) is 4.67 Å². The third-order valence-corrected chi connectivity index (χ3v) is 6.97. The Bertz CT molecular complexity index is 777. The highest BCUT2D eigenvalue weighted by Crippen LogP contribution is 2.57. The monoisotopic (exact) mass is 385 g/mol. The first kappa shape index (κ1) is 20.2. The molecular formula is C23H32NO2P. The van der Waals surface area contributed by atoms with Crippen LogP contribution in [0.1, 0.15) is 57.6 Å². The minimum atomic E-state index is -1.21. The fraction of sp³-hybridized carbons (Fsp3) is 0.478. The van der Waals surface area contributed by atoms with Gasteiger partial charge >= 0.3 is 8.53 Å². The van der Waals surface area contributed by atoms with Gasteiger partial charge in [-0.05, 0) is 60.9 Å². The molecule has 3 nitrogen and oxygen atoms in total. The third kappa shape index (κ3) is 4.00. The summed E-state index contributed by atoms with van der Waals surface area (Å²) >= 11 is 0. The predicted molar refractivity (Wildman–Crippen MR) is 115 cm³/mol. The highest BCUT2D eigenvalue weighted by molar-refractivity contribution is 7.45. The number of hydrogen-bond donors (Lipinski definition) is 0. The van der Waals surface area contributed by atoms with E-state index in [1.807, 2.05) is 37.2 Å². The summed E-state index contributed by atoms with van der Waals surface area (Å²) in [4.78, 5) is 0. The average molecular weight is 385 g/mol. The van der Waals surface area contributed by atoms with Crippen LogP contribution in [0.4, 0.5) is 0 Å². The molecule has 1 aliphatic carbocycles. The second-order valence-corrected chi connectivity index (χ2v) is 10.7. The SMILES string of the molecule is C=C/C=C\C1=C/OP(N(C)C)Oc2cccc3c2C(CC1(C)C)CC3(C)C. The Balaban J connectivity index is 2.13. The van der Waals surface area contributed by atoms with Crippen LogP contribution in [0.5, 0.6) is 5.75 Å². The van der Waals surface area contributed by atoms with E-state index in [4.69, 9.17) is 9.05 Å². The molecule has 0 saturated carbocycles. The van der Waals surface area contributed by atoms with E-state index in [1.165, 1.54) is 16.7 Å². The van der Waals surface area contributed by atoms with Gasteiger partial charge in [0.2, 0.25) is 0 Å². The maximum atomic E-state index is 6.42. The van der Waals surface area contributed by atoms with Crippen molar-refractivity contribution in [1.29, 1.82) is 0 Å². The average Bonchev–Trinajstić information content (AvgIpc) is 2.83. The molecule has 2 atom stereocenters. The van der Waals surface area contributed by atoms with Crippen LogP contribution < -0.4 is 4.52 Å². The number of allylic oxidation sites excluding steroid dienone is 4. The lowest BCUT2D eigenvalue weighted by Gasteiger charge is -2.33. The van der Waals surface area contributed by atoms with Gasteiger partial charge in [-0.15, -0.1) is 0 Å². The topological polar surface area (TPSA) is 21.7 Å². The minimum Gasteiger partial charge on any atom is -0.435 e. The Kier molecular flexibility index (Phi) is 5.57. The smallest absolute Gasteiger partial charge is 0.383 e. The van der Waals surface area contributed by atoms with Gasteiger partial charge in [0, 0.05) is 5.56 Å². The second-order valence-electron chi connectivity index (χ2n) is 9.04. The molecule has 2 unspecified atom stereocenters. The molecule has 3 rings (SSSR count). The van der Waals surface area contributed by atoms with Crippen molar-refractivity contribution >= 4 is 8.53 Å². The van der Waals surface area contributed by atoms with Crippen LogP contribution in [0.25, 0.3) is 0 Å². The molecule has 0 fully saturated rings. The highest BCUT2D eigenvalue weighted by Gasteiger charge is 2.42. The van der Waals surface area contributed by atoms with E-state index in [2.05, 4.69) is 58.5 Å². The zero-order chi connectivity index (χ0) is 19.8. The molecule has 4 heteroatoms. The van der Waals surface area contributed by atoms with E-state index >= 15 is 0 Å². The second kappa shape index (κ2) is 7.45. The van der Waals surface area contributed by atoms with Gasteiger partial charge in [0.15, 0.2) is 0 Å². The van der Waals surface area contributed by atoms with Gasteiger partial charge < -0.3 is 9.05 Å². The number of rotatable bonds is 3. The fourth-order valence-corrected chi connectivity index (χ4v) is 5.28. The van der Waals surface area contributed by atoms with Crippen molar-refractivity contribution < 1.29 is 9.05 Å². The number of benzene rings is 1. The zero-order valence-electron chi connectivity index (χ0n) is 17.5. The van der Waals surface area contributed by atoms with Crippen LogP contribution in [0.15, 0.2) is 54.8 Å². The lowest BCUT2D eigenvalue weighted by molar-refractivity contribution is 0.319. The van der Waals surface area contributed by atoms with E-state index in [0.29, 0.717) is 5.92 Å². The van der Waals surface area contributed by atoms with E-state index in [1.54, 1.807) is 0 Å². The van der Waals surface area contributed by atoms with Gasteiger partial charge in [-0.2, -0.15) is 0 Å². The van der Waals surface area contributed by atoms with Gasteiger partial charge in [-0.1, -0.05) is 64.6 Å². The van der Waals surface area contributed by atoms with Crippen molar-refractivity contribution in [3.8, 4) is 5.75 Å². The summed E-state index contributed by atoms with van der Waals surface area (Å²) in [5, 5.41) is 0. The summed E-state index contributed by atoms with van der Waals surface area (Å²) in [6.45, 7) is 13.1. The van der Waals surface area contributed by atoms with Gasteiger partial charge in [0.1, 0.15) is 5.75 Å². The molecule has 0 bridgehead atoms. The van der Waals surface area contributed by atoms with Crippen LogP contribution in [-0.4, -0.2) is 18.8 Å². The normalized spacial score (nSPS) is 28.0. The Morgan fingerprint density at radius 3 is 2.52 bits per heavy atom. The molecule has 1 heterocycles. The van der Waals surface area contributed by atoms with Crippen LogP contribution in [0, 0.1) is 5.41 Å². The quantitative estimate of drug-likeness (QED) is 0.427. The van der Waals surface area contributed by atoms with Gasteiger partial charge in [0.25, 0.3) is 0 Å². The molecule has 27 heavy (non-hydrogen) atoms. The maximum Gasteiger partial charge on any atom is 0.383 e. The van der Waals surface area contributed by atoms with E-state index in [-0.39, 0.29) is 10.8 Å². The summed E-state index contributed by atoms with van der Waals surface area (Å²) in [6.07, 6.45) is 10.0. The van der Waals surface area contributed by atoms with Crippen molar-refractivity contribution in [1.82, 2.24) is 4.67 Å². The van der Waals surface area contributed by atoms with Crippen LogP contribution in [-0.2, 0) is 9.94 Å². The van der Waals surface area contributed by atoms with Crippen molar-refractivity contribution in [2.75, 3.05) is 14.1 Å². The summed E-state index contributed by atoms with van der Waals surface area (Å²) in [5.41, 5.74) is 4.11. The van der Waals surface area contributed by atoms with Crippen LogP contribution in [0.3, 0.4) is 0 Å². The third-order valence-electron chi connectivity index (χ3n) is 5.68. The first-order chi connectivity index (χ1) is 12.7. The van der Waals surface area contributed by atoms with Gasteiger partial charge in [-0.3, -0.25) is 0 Å². The Labute approximate surface area is 165 Å². The minimum absolute atomic E-state index is 0.0143. The molecular weight excluding hydrogens is 353 g/mol. The lowest BCUT2D eigenvalue weighted by Crippen LogP contribution is -2.20. The Hall–Kier alpha value is -1.57. The molecule has 146 valence electrons. The van der Waals surface area contributed by atoms with E-state index < -0.39 is 8.53 Å². The lowest BCUT2D eigenvalue weighted by atomic mass is 9.74. The number of nitrogens with zero attached hydrogens (tertiary/aromatic N) is 1. The molecule has 1 aromatic rings. The molecule has 1 aromatic carbocycles. The van der Waals surface area contributed by atoms with Crippen molar-refractivity contribution in [3.63, 3.8) is 0 Å². The van der Waals surface area contributed by atoms with E-state index in [9.17, 15) is 0 Å². The summed E-state index contributed by atoms with van der Waals surface area (Å²) < 4.78 is 14.6. The van der Waals surface area contributed by atoms with Crippen molar-refractivity contribution in [2.24, 2.45) is 5.41 Å². The van der Waals surface area contributed by atoms with Gasteiger partial charge in [0.05, 0.1) is 6.26 Å². The molecule has 1 aliphatic heterocycles. The van der Waals surface area contributed by atoms with Crippen LogP contribution >= 0.6 is 8.53 Å². The predicted octanol–water partition coefficient (Wildman–Crippen LogP) is 6.69. The Morgan fingerprint density at radius 2 is 1.85 bits per heavy atom. The Morgan fingerprint density at radius 1 is 1.15 bits per heavy atom. The molecule has 2 aliphatic rings. The maximum absolute atomic E-state index is 6.42. The summed E-state index contributed by atoms with van der Waals surface area (Å²) in [5.74, 6) is 1.45. The molecule has 0 N–H and O–H groups in total. The molecule has 0 radical (unpaired) electrons. The van der Waals surface area contributed by atoms with Crippen molar-refractivity contribution in [3.05, 3.63) is 66.0 Å². The van der Waals surface area contributed by atoms with E-state index in [0.717, 1.165) is 18.6 Å². The first-order valence-electron chi connectivity index (χ1n) is 9.61. The summed E-state index contributed by atoms with van der Waals surface area (Å²) in [6, 6.07) is 6.49.